The van der Waals surface area contributed by atoms with E-state index in [2.05, 4.69) is 15.3 Å². The van der Waals surface area contributed by atoms with E-state index in [-0.39, 0.29) is 22.9 Å². The Morgan fingerprint density at radius 1 is 1.38 bits per heavy atom. The Morgan fingerprint density at radius 2 is 2.15 bits per heavy atom. The second-order valence-electron chi connectivity index (χ2n) is 5.78. The normalized spacial score (nSPS) is 10.7. The van der Waals surface area contributed by atoms with Crippen LogP contribution < -0.4 is 5.32 Å². The van der Waals surface area contributed by atoms with E-state index < -0.39 is 4.92 Å². The van der Waals surface area contributed by atoms with Gasteiger partial charge in [-0.1, -0.05) is 0 Å². The van der Waals surface area contributed by atoms with Crippen LogP contribution in [0.3, 0.4) is 0 Å². The van der Waals surface area contributed by atoms with Crippen LogP contribution in [0.5, 0.6) is 0 Å². The van der Waals surface area contributed by atoms with Crippen LogP contribution in [0.1, 0.15) is 31.8 Å². The summed E-state index contributed by atoms with van der Waals surface area (Å²) in [6, 6.07) is 4.38. The fraction of sp³-hybridized carbons (Fsp3) is 0.235. The molecule has 3 rings (SSSR count). The van der Waals surface area contributed by atoms with Gasteiger partial charge in [0.2, 0.25) is 5.78 Å². The molecule has 0 fully saturated rings. The molecule has 8 nitrogen and oxygen atoms in total. The Labute approximate surface area is 153 Å². The molecule has 3 aromatic rings. The molecule has 0 saturated heterocycles. The number of hydrogen-bond acceptors (Lipinski definition) is 7. The maximum absolute atomic E-state index is 12.5. The second-order valence-corrected chi connectivity index (χ2v) is 7.07. The van der Waals surface area contributed by atoms with Gasteiger partial charge >= 0.3 is 0 Å². The molecule has 2 heterocycles. The van der Waals surface area contributed by atoms with Gasteiger partial charge in [-0.05, 0) is 26.0 Å². The average molecular weight is 371 g/mol. The fourth-order valence-corrected chi connectivity index (χ4v) is 3.35. The summed E-state index contributed by atoms with van der Waals surface area (Å²) in [5.41, 5.74) is 1.36. The fourth-order valence-electron chi connectivity index (χ4n) is 2.47. The van der Waals surface area contributed by atoms with Gasteiger partial charge in [0.25, 0.3) is 5.69 Å². The molecule has 0 saturated carbocycles. The van der Waals surface area contributed by atoms with Gasteiger partial charge in [0.1, 0.15) is 10.7 Å². The van der Waals surface area contributed by atoms with E-state index in [1.165, 1.54) is 12.3 Å². The predicted molar refractivity (Wildman–Crippen MR) is 98.7 cm³/mol. The summed E-state index contributed by atoms with van der Waals surface area (Å²) in [6.45, 7) is 4.29. The van der Waals surface area contributed by atoms with Crippen molar-refractivity contribution in [2.24, 2.45) is 7.05 Å². The number of nitro groups is 1. The Balaban J connectivity index is 1.86. The molecular weight excluding hydrogens is 354 g/mol. The van der Waals surface area contributed by atoms with Crippen molar-refractivity contribution in [2.45, 2.75) is 20.4 Å². The SMILES string of the molecule is Cc1nc(CNc2ccc(C(=O)c3nccn3C)cc2[N+](=O)[O-])sc1C. The second kappa shape index (κ2) is 7.04. The van der Waals surface area contributed by atoms with Crippen LogP contribution in [0.2, 0.25) is 0 Å². The Bertz CT molecular complexity index is 973. The number of imidazole rings is 1. The average Bonchev–Trinajstić information content (AvgIpc) is 3.17. The first-order valence-corrected chi connectivity index (χ1v) is 8.65. The lowest BCUT2D eigenvalue weighted by Crippen LogP contribution is -2.10. The molecule has 9 heteroatoms. The number of anilines is 1. The Morgan fingerprint density at radius 3 is 2.73 bits per heavy atom. The van der Waals surface area contributed by atoms with Crippen LogP contribution in [0.25, 0.3) is 0 Å². The zero-order chi connectivity index (χ0) is 18.8. The van der Waals surface area contributed by atoms with Gasteiger partial charge in [0, 0.05) is 35.9 Å². The van der Waals surface area contributed by atoms with Crippen molar-refractivity contribution in [3.8, 4) is 0 Å². The number of aromatic nitrogens is 3. The van der Waals surface area contributed by atoms with Crippen molar-refractivity contribution in [3.05, 3.63) is 67.7 Å². The summed E-state index contributed by atoms with van der Waals surface area (Å²) >= 11 is 1.55. The number of thiazole rings is 1. The van der Waals surface area contributed by atoms with Gasteiger partial charge in [0.15, 0.2) is 5.82 Å². The quantitative estimate of drug-likeness (QED) is 0.405. The van der Waals surface area contributed by atoms with Crippen LogP contribution >= 0.6 is 11.3 Å². The summed E-state index contributed by atoms with van der Waals surface area (Å²) < 4.78 is 1.58. The van der Waals surface area contributed by atoms with Crippen LogP contribution in [0.15, 0.2) is 30.6 Å². The number of nitrogens with one attached hydrogen (secondary N) is 1. The molecule has 1 N–H and O–H groups in total. The molecule has 0 unspecified atom stereocenters. The first-order valence-electron chi connectivity index (χ1n) is 7.84. The van der Waals surface area contributed by atoms with Crippen molar-refractivity contribution < 1.29 is 9.72 Å². The lowest BCUT2D eigenvalue weighted by Gasteiger charge is -2.07. The highest BCUT2D eigenvalue weighted by molar-refractivity contribution is 7.11. The smallest absolute Gasteiger partial charge is 0.293 e. The van der Waals surface area contributed by atoms with Crippen LogP contribution in [0.4, 0.5) is 11.4 Å². The molecule has 0 radical (unpaired) electrons. The summed E-state index contributed by atoms with van der Waals surface area (Å²) in [4.78, 5) is 33.0. The summed E-state index contributed by atoms with van der Waals surface area (Å²) in [6.07, 6.45) is 3.16. The molecule has 0 aliphatic heterocycles. The number of nitrogens with zero attached hydrogens (tertiary/aromatic N) is 4. The third-order valence-electron chi connectivity index (χ3n) is 3.98. The number of benzene rings is 1. The van der Waals surface area contributed by atoms with E-state index in [0.29, 0.717) is 12.2 Å². The number of aryl methyl sites for hydroxylation is 3. The molecule has 1 aromatic carbocycles. The minimum atomic E-state index is -0.504. The summed E-state index contributed by atoms with van der Waals surface area (Å²) in [5.74, 6) is -0.132. The van der Waals surface area contributed by atoms with E-state index in [9.17, 15) is 14.9 Å². The molecule has 26 heavy (non-hydrogen) atoms. The number of nitro benzene ring substituents is 1. The zero-order valence-electron chi connectivity index (χ0n) is 14.5. The van der Waals surface area contributed by atoms with Crippen molar-refractivity contribution in [2.75, 3.05) is 5.32 Å². The largest absolute Gasteiger partial charge is 0.373 e. The van der Waals surface area contributed by atoms with Crippen molar-refractivity contribution in [1.82, 2.24) is 14.5 Å². The molecular formula is C17H17N5O3S. The van der Waals surface area contributed by atoms with Gasteiger partial charge in [-0.15, -0.1) is 11.3 Å². The molecule has 0 spiro atoms. The summed E-state index contributed by atoms with van der Waals surface area (Å²) in [5, 5.41) is 15.3. The van der Waals surface area contributed by atoms with Crippen molar-refractivity contribution >= 4 is 28.5 Å². The highest BCUT2D eigenvalue weighted by atomic mass is 32.1. The van der Waals surface area contributed by atoms with Crippen molar-refractivity contribution in [1.29, 1.82) is 0 Å². The minimum absolute atomic E-state index is 0.157. The van der Waals surface area contributed by atoms with Gasteiger partial charge in [-0.25, -0.2) is 9.97 Å². The number of ketones is 1. The Kier molecular flexibility index (Phi) is 4.81. The van der Waals surface area contributed by atoms with Crippen LogP contribution in [-0.2, 0) is 13.6 Å². The molecule has 2 aromatic heterocycles. The van der Waals surface area contributed by atoms with Crippen molar-refractivity contribution in [3.63, 3.8) is 0 Å². The Hall–Kier alpha value is -3.07. The van der Waals surface area contributed by atoms with E-state index in [1.54, 1.807) is 41.3 Å². The lowest BCUT2D eigenvalue weighted by molar-refractivity contribution is -0.384. The third-order valence-corrected chi connectivity index (χ3v) is 5.06. The van der Waals surface area contributed by atoms with Gasteiger partial charge in [-0.2, -0.15) is 0 Å². The number of rotatable bonds is 6. The predicted octanol–water partition coefficient (Wildman–Crippen LogP) is 3.24. The lowest BCUT2D eigenvalue weighted by atomic mass is 10.1. The maximum Gasteiger partial charge on any atom is 0.293 e. The van der Waals surface area contributed by atoms with Gasteiger partial charge in [0.05, 0.1) is 17.2 Å². The van der Waals surface area contributed by atoms with Gasteiger partial charge in [-0.3, -0.25) is 14.9 Å². The minimum Gasteiger partial charge on any atom is -0.373 e. The van der Waals surface area contributed by atoms with E-state index in [0.717, 1.165) is 15.6 Å². The zero-order valence-corrected chi connectivity index (χ0v) is 15.3. The van der Waals surface area contributed by atoms with Crippen LogP contribution in [0, 0.1) is 24.0 Å². The highest BCUT2D eigenvalue weighted by Gasteiger charge is 2.20. The standard InChI is InChI=1S/C17H17N5O3S/c1-10-11(2)26-15(20-10)9-19-13-5-4-12(8-14(13)22(24)25)16(23)17-18-6-7-21(17)3/h4-8,19H,9H2,1-3H3. The topological polar surface area (TPSA) is 103 Å². The number of carbonyl (C=O) groups excluding carboxylic acids is 1. The van der Waals surface area contributed by atoms with E-state index in [4.69, 9.17) is 0 Å². The maximum atomic E-state index is 12.5. The first kappa shape index (κ1) is 17.7. The van der Waals surface area contributed by atoms with Gasteiger partial charge < -0.3 is 9.88 Å². The van der Waals surface area contributed by atoms with Crippen LogP contribution in [-0.4, -0.2) is 25.2 Å². The van der Waals surface area contributed by atoms with E-state index in [1.807, 2.05) is 13.8 Å². The number of carbonyl (C=O) groups is 1. The first-order chi connectivity index (χ1) is 12.4. The molecule has 0 amide bonds. The molecule has 134 valence electrons. The molecule has 0 aliphatic carbocycles. The molecule has 0 bridgehead atoms. The summed E-state index contributed by atoms with van der Waals surface area (Å²) in [7, 11) is 1.70. The molecule has 0 atom stereocenters. The van der Waals surface area contributed by atoms with E-state index >= 15 is 0 Å². The molecule has 0 aliphatic rings. The third kappa shape index (κ3) is 3.47. The highest BCUT2D eigenvalue weighted by Crippen LogP contribution is 2.28. The monoisotopic (exact) mass is 371 g/mol. The number of hydrogen-bond donors (Lipinski definition) is 1.